The molecule has 0 unspecified atom stereocenters. The van der Waals surface area contributed by atoms with Crippen molar-refractivity contribution in [3.05, 3.63) is 23.8 Å². The van der Waals surface area contributed by atoms with Gasteiger partial charge in [-0.3, -0.25) is 4.99 Å². The second kappa shape index (κ2) is 16.4. The normalized spacial score (nSPS) is 11.5. The summed E-state index contributed by atoms with van der Waals surface area (Å²) in [6.45, 7) is 7.19. The molecule has 1 aromatic carbocycles. The van der Waals surface area contributed by atoms with Gasteiger partial charge in [0, 0.05) is 25.9 Å². The third-order valence-corrected chi connectivity index (χ3v) is 4.81. The minimum absolute atomic E-state index is 0. The zero-order valence-corrected chi connectivity index (χ0v) is 21.5. The molecule has 10 heteroatoms. The van der Waals surface area contributed by atoms with Gasteiger partial charge in [0.05, 0.1) is 32.7 Å². The number of methoxy groups -OCH3 is 1. The fraction of sp³-hybridized carbons (Fsp3) is 0.650. The molecule has 8 nitrogen and oxygen atoms in total. The summed E-state index contributed by atoms with van der Waals surface area (Å²) in [5.41, 5.74) is 1.18. The smallest absolute Gasteiger partial charge is 0.191 e. The number of guanidine groups is 1. The molecule has 0 radical (unpaired) electrons. The Balaban J connectivity index is 0.00000841. The zero-order chi connectivity index (χ0) is 21.5. The average molecular weight is 557 g/mol. The van der Waals surface area contributed by atoms with Gasteiger partial charge < -0.3 is 24.8 Å². The molecule has 1 aromatic rings. The van der Waals surface area contributed by atoms with E-state index in [1.807, 2.05) is 32.0 Å². The van der Waals surface area contributed by atoms with Crippen molar-refractivity contribution < 1.29 is 22.6 Å². The first kappa shape index (κ1) is 28.7. The highest BCUT2D eigenvalue weighted by Gasteiger charge is 2.05. The van der Waals surface area contributed by atoms with Gasteiger partial charge in [0.25, 0.3) is 0 Å². The van der Waals surface area contributed by atoms with Crippen LogP contribution in [0.3, 0.4) is 0 Å². The largest absolute Gasteiger partial charge is 0.493 e. The molecule has 174 valence electrons. The standard InChI is InChI=1S/C20H35N3O5S.HI/c1-5-21-20(23-12-13-27-14-15-29(4,24)25)22-11-7-8-17-9-10-18(26-3)19(16-17)28-6-2;/h9-10,16H,5-8,11-15H2,1-4H3,(H2,21,22,23);1H. The van der Waals surface area contributed by atoms with Crippen LogP contribution in [-0.2, 0) is 21.0 Å². The fourth-order valence-electron chi connectivity index (χ4n) is 2.51. The number of aryl methyl sites for hydroxylation is 1. The maximum Gasteiger partial charge on any atom is 0.191 e. The lowest BCUT2D eigenvalue weighted by Gasteiger charge is -2.12. The third-order valence-electron chi connectivity index (χ3n) is 3.90. The molecule has 0 bridgehead atoms. The van der Waals surface area contributed by atoms with E-state index in [2.05, 4.69) is 15.6 Å². The quantitative estimate of drug-likeness (QED) is 0.157. The molecule has 2 N–H and O–H groups in total. The first-order valence-corrected chi connectivity index (χ1v) is 12.0. The van der Waals surface area contributed by atoms with Gasteiger partial charge in [-0.05, 0) is 44.4 Å². The Hall–Kier alpha value is -1.27. The SMILES string of the molecule is CCNC(=NCCCc1ccc(OC)c(OCC)c1)NCCOCCS(C)(=O)=O.I. The molecule has 0 atom stereocenters. The first-order valence-electron chi connectivity index (χ1n) is 9.97. The van der Waals surface area contributed by atoms with Crippen LogP contribution in [0.25, 0.3) is 0 Å². The highest BCUT2D eigenvalue weighted by atomic mass is 127. The number of benzene rings is 1. The average Bonchev–Trinajstić information content (AvgIpc) is 2.67. The Morgan fingerprint density at radius 1 is 1.13 bits per heavy atom. The van der Waals surface area contributed by atoms with Crippen LogP contribution in [0.2, 0.25) is 0 Å². The van der Waals surface area contributed by atoms with Crippen LogP contribution in [0.5, 0.6) is 11.5 Å². The highest BCUT2D eigenvalue weighted by molar-refractivity contribution is 14.0. The van der Waals surface area contributed by atoms with Gasteiger partial charge in [-0.25, -0.2) is 8.42 Å². The summed E-state index contributed by atoms with van der Waals surface area (Å²) in [6.07, 6.45) is 3.00. The second-order valence-electron chi connectivity index (χ2n) is 6.45. The van der Waals surface area contributed by atoms with E-state index in [4.69, 9.17) is 14.2 Å². The molecule has 0 aliphatic heterocycles. The Morgan fingerprint density at radius 3 is 2.53 bits per heavy atom. The van der Waals surface area contributed by atoms with Crippen molar-refractivity contribution in [1.82, 2.24) is 10.6 Å². The molecule has 0 aliphatic rings. The van der Waals surface area contributed by atoms with E-state index in [-0.39, 0.29) is 36.3 Å². The predicted molar refractivity (Wildman–Crippen MR) is 132 cm³/mol. The van der Waals surface area contributed by atoms with Gasteiger partial charge in [0.2, 0.25) is 0 Å². The van der Waals surface area contributed by atoms with Crippen LogP contribution in [0.1, 0.15) is 25.8 Å². The van der Waals surface area contributed by atoms with Crippen LogP contribution < -0.4 is 20.1 Å². The summed E-state index contributed by atoms with van der Waals surface area (Å²) in [5.74, 6) is 2.27. The molecule has 0 heterocycles. The van der Waals surface area contributed by atoms with Crippen LogP contribution in [0.4, 0.5) is 0 Å². The minimum Gasteiger partial charge on any atom is -0.493 e. The number of sulfone groups is 1. The Labute approximate surface area is 198 Å². The summed E-state index contributed by atoms with van der Waals surface area (Å²) in [4.78, 5) is 4.57. The van der Waals surface area contributed by atoms with E-state index in [1.54, 1.807) is 7.11 Å². The first-order chi connectivity index (χ1) is 13.9. The number of nitrogens with zero attached hydrogens (tertiary/aromatic N) is 1. The van der Waals surface area contributed by atoms with Gasteiger partial charge in [-0.2, -0.15) is 0 Å². The number of hydrogen-bond donors (Lipinski definition) is 2. The maximum absolute atomic E-state index is 11.1. The molecule has 0 amide bonds. The highest BCUT2D eigenvalue weighted by Crippen LogP contribution is 2.28. The van der Waals surface area contributed by atoms with Crippen molar-refractivity contribution in [1.29, 1.82) is 0 Å². The van der Waals surface area contributed by atoms with Crippen LogP contribution in [-0.4, -0.2) is 73.0 Å². The second-order valence-corrected chi connectivity index (χ2v) is 8.71. The lowest BCUT2D eigenvalue weighted by Crippen LogP contribution is -2.39. The fourth-order valence-corrected chi connectivity index (χ4v) is 2.94. The van der Waals surface area contributed by atoms with E-state index >= 15 is 0 Å². The molecule has 1 rings (SSSR count). The van der Waals surface area contributed by atoms with Crippen molar-refractivity contribution >= 4 is 39.8 Å². The van der Waals surface area contributed by atoms with E-state index in [0.717, 1.165) is 36.8 Å². The molecular formula is C20H36IN3O5S. The van der Waals surface area contributed by atoms with Crippen molar-refractivity contribution in [2.75, 3.05) is 58.6 Å². The number of nitrogens with one attached hydrogen (secondary N) is 2. The van der Waals surface area contributed by atoms with E-state index < -0.39 is 9.84 Å². The summed E-state index contributed by atoms with van der Waals surface area (Å²) >= 11 is 0. The van der Waals surface area contributed by atoms with E-state index in [0.29, 0.717) is 26.3 Å². The Kier molecular flexibility index (Phi) is 15.7. The number of ether oxygens (including phenoxy) is 3. The van der Waals surface area contributed by atoms with Crippen molar-refractivity contribution in [3.8, 4) is 11.5 Å². The number of hydrogen-bond acceptors (Lipinski definition) is 6. The van der Waals surface area contributed by atoms with E-state index in [1.165, 1.54) is 11.8 Å². The van der Waals surface area contributed by atoms with Crippen LogP contribution >= 0.6 is 24.0 Å². The topological polar surface area (TPSA) is 98.2 Å². The molecular weight excluding hydrogens is 521 g/mol. The van der Waals surface area contributed by atoms with Gasteiger partial charge in [0.1, 0.15) is 9.84 Å². The summed E-state index contributed by atoms with van der Waals surface area (Å²) in [6, 6.07) is 5.99. The number of aliphatic imine (C=N–C) groups is 1. The van der Waals surface area contributed by atoms with Gasteiger partial charge in [-0.15, -0.1) is 24.0 Å². The zero-order valence-electron chi connectivity index (χ0n) is 18.4. The number of rotatable bonds is 14. The van der Waals surface area contributed by atoms with Crippen molar-refractivity contribution in [3.63, 3.8) is 0 Å². The Morgan fingerprint density at radius 2 is 1.90 bits per heavy atom. The van der Waals surface area contributed by atoms with Gasteiger partial charge in [-0.1, -0.05) is 6.07 Å². The van der Waals surface area contributed by atoms with Crippen molar-refractivity contribution in [2.24, 2.45) is 4.99 Å². The van der Waals surface area contributed by atoms with Gasteiger partial charge in [0.15, 0.2) is 17.5 Å². The molecule has 0 saturated heterocycles. The lowest BCUT2D eigenvalue weighted by molar-refractivity contribution is 0.154. The molecule has 0 fully saturated rings. The molecule has 0 spiro atoms. The van der Waals surface area contributed by atoms with Crippen LogP contribution in [0.15, 0.2) is 23.2 Å². The Bertz CT molecular complexity index is 729. The third kappa shape index (κ3) is 13.1. The van der Waals surface area contributed by atoms with Crippen LogP contribution in [0, 0.1) is 0 Å². The summed E-state index contributed by atoms with van der Waals surface area (Å²) in [7, 11) is -1.34. The van der Waals surface area contributed by atoms with Crippen molar-refractivity contribution in [2.45, 2.75) is 26.7 Å². The molecule has 0 saturated carbocycles. The molecule has 0 aromatic heterocycles. The molecule has 30 heavy (non-hydrogen) atoms. The van der Waals surface area contributed by atoms with Gasteiger partial charge >= 0.3 is 0 Å². The summed E-state index contributed by atoms with van der Waals surface area (Å²) in [5, 5.41) is 6.37. The summed E-state index contributed by atoms with van der Waals surface area (Å²) < 4.78 is 38.4. The molecule has 0 aliphatic carbocycles. The number of halogens is 1. The minimum atomic E-state index is -2.98. The van der Waals surface area contributed by atoms with E-state index in [9.17, 15) is 8.42 Å². The lowest BCUT2D eigenvalue weighted by atomic mass is 10.1. The monoisotopic (exact) mass is 557 g/mol. The predicted octanol–water partition coefficient (Wildman–Crippen LogP) is 2.26. The maximum atomic E-state index is 11.1.